The fraction of sp³-hybridized carbons (Fsp3) is 0.562. The molecule has 1 aliphatic heterocycles. The molecule has 1 fully saturated rings. The molecule has 2 aromatic heterocycles. The van der Waals surface area contributed by atoms with Gasteiger partial charge in [-0.05, 0) is 50.6 Å². The number of aryl methyl sites for hydroxylation is 1. The van der Waals surface area contributed by atoms with Crippen LogP contribution in [0, 0.1) is 6.92 Å². The number of hydrogen-bond donors (Lipinski definition) is 0. The summed E-state index contributed by atoms with van der Waals surface area (Å²) in [5, 5.41) is 1.03. The minimum atomic E-state index is 0.621. The molecule has 3 rings (SSSR count). The average Bonchev–Trinajstić information content (AvgIpc) is 3.16. The number of likely N-dealkylation sites (tertiary alicyclic amines) is 1. The summed E-state index contributed by atoms with van der Waals surface area (Å²) in [5.74, 6) is 0.860. The molecule has 22 heavy (non-hydrogen) atoms. The maximum absolute atomic E-state index is 4.60. The number of anilines is 1. The summed E-state index contributed by atoms with van der Waals surface area (Å²) >= 11 is 1.50. The maximum atomic E-state index is 4.60. The Hall–Kier alpha value is -1.53. The van der Waals surface area contributed by atoms with Crippen LogP contribution in [0.15, 0.2) is 24.5 Å². The number of hydrogen-bond acceptors (Lipinski definition) is 6. The van der Waals surface area contributed by atoms with E-state index in [-0.39, 0.29) is 0 Å². The van der Waals surface area contributed by atoms with Gasteiger partial charge in [-0.25, -0.2) is 4.98 Å². The van der Waals surface area contributed by atoms with E-state index in [4.69, 9.17) is 0 Å². The van der Waals surface area contributed by atoms with Gasteiger partial charge in [0.2, 0.25) is 5.13 Å². The maximum Gasteiger partial charge on any atom is 0.205 e. The molecule has 118 valence electrons. The first kappa shape index (κ1) is 15.4. The van der Waals surface area contributed by atoms with Crippen LogP contribution in [0.3, 0.4) is 0 Å². The van der Waals surface area contributed by atoms with Crippen LogP contribution in [0.4, 0.5) is 5.13 Å². The molecule has 3 heterocycles. The van der Waals surface area contributed by atoms with Gasteiger partial charge < -0.3 is 4.90 Å². The van der Waals surface area contributed by atoms with Gasteiger partial charge in [0.1, 0.15) is 5.82 Å². The topological polar surface area (TPSA) is 45.2 Å². The quantitative estimate of drug-likeness (QED) is 0.820. The molecule has 1 aliphatic rings. The van der Waals surface area contributed by atoms with Gasteiger partial charge in [0.15, 0.2) is 0 Å². The Labute approximate surface area is 136 Å². The number of likely N-dealkylation sites (N-methyl/N-ethyl adjacent to an activating group) is 1. The molecule has 0 spiro atoms. The number of pyridine rings is 1. The van der Waals surface area contributed by atoms with E-state index in [0.717, 1.165) is 30.6 Å². The van der Waals surface area contributed by atoms with Gasteiger partial charge in [0.05, 0.1) is 0 Å². The monoisotopic (exact) mass is 317 g/mol. The standard InChI is InChI=1S/C16H23N5S/c1-3-20-10-4-5-15(20)12-21(16-18-13(2)19-22-16)11-14-6-8-17-9-7-14/h6-9,15H,3-5,10-12H2,1-2H3. The zero-order valence-corrected chi connectivity index (χ0v) is 14.1. The van der Waals surface area contributed by atoms with Crippen molar-refractivity contribution in [3.05, 3.63) is 35.9 Å². The SMILES string of the molecule is CCN1CCCC1CN(Cc1ccncc1)c1nc(C)ns1. The lowest BCUT2D eigenvalue weighted by molar-refractivity contribution is 0.268. The molecular weight excluding hydrogens is 294 g/mol. The highest BCUT2D eigenvalue weighted by molar-refractivity contribution is 7.09. The van der Waals surface area contributed by atoms with E-state index >= 15 is 0 Å². The minimum Gasteiger partial charge on any atom is -0.341 e. The highest BCUT2D eigenvalue weighted by atomic mass is 32.1. The molecule has 0 aromatic carbocycles. The molecule has 5 nitrogen and oxygen atoms in total. The third-order valence-corrected chi connectivity index (χ3v) is 5.11. The molecule has 0 bridgehead atoms. The van der Waals surface area contributed by atoms with Gasteiger partial charge in [-0.3, -0.25) is 9.88 Å². The van der Waals surface area contributed by atoms with E-state index in [9.17, 15) is 0 Å². The van der Waals surface area contributed by atoms with Crippen LogP contribution in [-0.2, 0) is 6.54 Å². The average molecular weight is 317 g/mol. The third-order valence-electron chi connectivity index (χ3n) is 4.25. The van der Waals surface area contributed by atoms with E-state index < -0.39 is 0 Å². The van der Waals surface area contributed by atoms with E-state index in [0.29, 0.717) is 6.04 Å². The van der Waals surface area contributed by atoms with Crippen molar-refractivity contribution in [3.63, 3.8) is 0 Å². The van der Waals surface area contributed by atoms with Crippen LogP contribution >= 0.6 is 11.5 Å². The summed E-state index contributed by atoms with van der Waals surface area (Å²) in [6, 6.07) is 4.77. The Morgan fingerprint density at radius 1 is 1.36 bits per heavy atom. The van der Waals surface area contributed by atoms with E-state index in [1.807, 2.05) is 19.3 Å². The van der Waals surface area contributed by atoms with Crippen LogP contribution in [0.25, 0.3) is 0 Å². The van der Waals surface area contributed by atoms with Gasteiger partial charge in [-0.2, -0.15) is 4.37 Å². The Balaban J connectivity index is 1.77. The van der Waals surface area contributed by atoms with Gasteiger partial charge >= 0.3 is 0 Å². The summed E-state index contributed by atoms with van der Waals surface area (Å²) in [5.41, 5.74) is 1.27. The fourth-order valence-electron chi connectivity index (χ4n) is 3.11. The lowest BCUT2D eigenvalue weighted by atomic mass is 10.2. The third kappa shape index (κ3) is 3.62. The molecule has 0 amide bonds. The largest absolute Gasteiger partial charge is 0.341 e. The molecule has 1 saturated heterocycles. The second kappa shape index (κ2) is 7.15. The van der Waals surface area contributed by atoms with Crippen molar-refractivity contribution in [1.29, 1.82) is 0 Å². The van der Waals surface area contributed by atoms with Crippen molar-refractivity contribution < 1.29 is 0 Å². The van der Waals surface area contributed by atoms with Gasteiger partial charge in [0.25, 0.3) is 0 Å². The molecule has 0 aliphatic carbocycles. The Kier molecular flexibility index (Phi) is 5.00. The molecule has 0 radical (unpaired) electrons. The van der Waals surface area contributed by atoms with Crippen LogP contribution in [0.5, 0.6) is 0 Å². The van der Waals surface area contributed by atoms with Crippen LogP contribution in [-0.4, -0.2) is 44.9 Å². The normalized spacial score (nSPS) is 18.7. The van der Waals surface area contributed by atoms with Gasteiger partial charge in [-0.1, -0.05) is 6.92 Å². The van der Waals surface area contributed by atoms with Crippen LogP contribution < -0.4 is 4.90 Å². The lowest BCUT2D eigenvalue weighted by Gasteiger charge is -2.30. The smallest absolute Gasteiger partial charge is 0.205 e. The Bertz CT molecular complexity index is 585. The zero-order valence-electron chi connectivity index (χ0n) is 13.3. The van der Waals surface area contributed by atoms with E-state index in [1.165, 1.54) is 36.5 Å². The minimum absolute atomic E-state index is 0.621. The Morgan fingerprint density at radius 3 is 2.86 bits per heavy atom. The van der Waals surface area contributed by atoms with Crippen molar-refractivity contribution >= 4 is 16.7 Å². The molecule has 0 N–H and O–H groups in total. The van der Waals surface area contributed by atoms with E-state index in [2.05, 4.69) is 43.2 Å². The molecule has 1 atom stereocenters. The summed E-state index contributed by atoms with van der Waals surface area (Å²) < 4.78 is 4.36. The predicted octanol–water partition coefficient (Wildman–Crippen LogP) is 2.73. The van der Waals surface area contributed by atoms with Gasteiger partial charge in [0, 0.05) is 43.1 Å². The fourth-order valence-corrected chi connectivity index (χ4v) is 3.79. The Morgan fingerprint density at radius 2 is 2.18 bits per heavy atom. The van der Waals surface area contributed by atoms with Crippen molar-refractivity contribution in [2.45, 2.75) is 39.3 Å². The van der Waals surface area contributed by atoms with Crippen molar-refractivity contribution in [3.8, 4) is 0 Å². The summed E-state index contributed by atoms with van der Waals surface area (Å²) in [6.45, 7) is 8.44. The second-order valence-electron chi connectivity index (χ2n) is 5.78. The van der Waals surface area contributed by atoms with Crippen LogP contribution in [0.1, 0.15) is 31.2 Å². The molecule has 0 saturated carbocycles. The first-order valence-electron chi connectivity index (χ1n) is 7.94. The van der Waals surface area contributed by atoms with Crippen molar-refractivity contribution in [1.82, 2.24) is 19.2 Å². The second-order valence-corrected chi connectivity index (χ2v) is 6.52. The predicted molar refractivity (Wildman–Crippen MR) is 90.2 cm³/mol. The number of rotatable bonds is 6. The summed E-state index contributed by atoms with van der Waals surface area (Å²) in [6.07, 6.45) is 6.29. The van der Waals surface area contributed by atoms with Crippen LogP contribution in [0.2, 0.25) is 0 Å². The number of nitrogens with zero attached hydrogens (tertiary/aromatic N) is 5. The summed E-state index contributed by atoms with van der Waals surface area (Å²) in [7, 11) is 0. The molecule has 6 heteroatoms. The summed E-state index contributed by atoms with van der Waals surface area (Å²) in [4.78, 5) is 13.7. The van der Waals surface area contributed by atoms with Gasteiger partial charge in [-0.15, -0.1) is 0 Å². The highest BCUT2D eigenvalue weighted by Gasteiger charge is 2.26. The first-order chi connectivity index (χ1) is 10.8. The molecular formula is C16H23N5S. The molecule has 2 aromatic rings. The molecule has 1 unspecified atom stereocenters. The first-order valence-corrected chi connectivity index (χ1v) is 8.72. The van der Waals surface area contributed by atoms with E-state index in [1.54, 1.807) is 0 Å². The van der Waals surface area contributed by atoms with Crippen molar-refractivity contribution in [2.75, 3.05) is 24.5 Å². The lowest BCUT2D eigenvalue weighted by Crippen LogP contribution is -2.40. The highest BCUT2D eigenvalue weighted by Crippen LogP contribution is 2.24. The zero-order chi connectivity index (χ0) is 15.4. The number of aromatic nitrogens is 3. The van der Waals surface area contributed by atoms with Crippen molar-refractivity contribution in [2.24, 2.45) is 0 Å².